The number of hydrogen-bond acceptors (Lipinski definition) is 2. The minimum atomic E-state index is -0.746. The minimum absolute atomic E-state index is 0.0664. The molecule has 0 heterocycles. The smallest absolute Gasteiger partial charge is 0.315 e. The monoisotopic (exact) mass is 254 g/mol. The molecule has 1 rings (SSSR count). The number of carbonyl (C=O) groups excluding carboxylic acids is 1. The number of carboxylic acids is 1. The van der Waals surface area contributed by atoms with E-state index in [1.54, 1.807) is 0 Å². The van der Waals surface area contributed by atoms with Gasteiger partial charge in [0.1, 0.15) is 0 Å². The summed E-state index contributed by atoms with van der Waals surface area (Å²) in [7, 11) is 0. The molecule has 102 valence electrons. The van der Waals surface area contributed by atoms with Crippen molar-refractivity contribution in [2.75, 3.05) is 13.1 Å². The molecule has 0 spiro atoms. The minimum Gasteiger partial charge on any atom is -0.481 e. The van der Waals surface area contributed by atoms with Crippen LogP contribution in [0.25, 0.3) is 0 Å². The average molecular weight is 254 g/mol. The normalized spacial score (nSPS) is 22.3. The number of carbonyl (C=O) groups is 2. The van der Waals surface area contributed by atoms with Crippen LogP contribution in [0.1, 0.15) is 33.1 Å². The number of rotatable bonds is 5. The van der Waals surface area contributed by atoms with Gasteiger partial charge < -0.3 is 15.7 Å². The molecule has 0 aromatic carbocycles. The molecule has 2 atom stereocenters. The van der Waals surface area contributed by atoms with Crippen LogP contribution in [0.15, 0.2) is 11.6 Å². The number of aliphatic carboxylic acids is 1. The van der Waals surface area contributed by atoms with E-state index in [1.807, 2.05) is 19.9 Å². The second-order valence-electron chi connectivity index (χ2n) is 5.01. The summed E-state index contributed by atoms with van der Waals surface area (Å²) in [6, 6.07) is -0.233. The van der Waals surface area contributed by atoms with Crippen LogP contribution >= 0.6 is 0 Å². The number of urea groups is 1. The highest BCUT2D eigenvalue weighted by Gasteiger charge is 2.32. The zero-order valence-corrected chi connectivity index (χ0v) is 11.0. The highest BCUT2D eigenvalue weighted by atomic mass is 16.4. The highest BCUT2D eigenvalue weighted by molar-refractivity contribution is 5.74. The second-order valence-corrected chi connectivity index (χ2v) is 5.01. The fourth-order valence-electron chi connectivity index (χ4n) is 2.24. The van der Waals surface area contributed by atoms with Crippen LogP contribution in [0.5, 0.6) is 0 Å². The van der Waals surface area contributed by atoms with Crippen LogP contribution in [0.2, 0.25) is 0 Å². The molecule has 0 aliphatic heterocycles. The Morgan fingerprint density at radius 2 is 2.00 bits per heavy atom. The predicted octanol–water partition coefficient (Wildman–Crippen LogP) is 1.75. The molecule has 1 fully saturated rings. The summed E-state index contributed by atoms with van der Waals surface area (Å²) in [5.41, 5.74) is 1.15. The quantitative estimate of drug-likeness (QED) is 0.654. The fourth-order valence-corrected chi connectivity index (χ4v) is 2.24. The van der Waals surface area contributed by atoms with E-state index >= 15 is 0 Å². The molecule has 1 aliphatic carbocycles. The maximum atomic E-state index is 11.5. The first-order chi connectivity index (χ1) is 8.50. The summed E-state index contributed by atoms with van der Waals surface area (Å²) in [4.78, 5) is 22.4. The SMILES string of the molecule is CC(C)=CCNC(=O)NCC1CCCC1C(=O)O. The standard InChI is InChI=1S/C13H22N2O3/c1-9(2)6-7-14-13(18)15-8-10-4-3-5-11(10)12(16)17/h6,10-11H,3-5,7-8H2,1-2H3,(H,16,17)(H2,14,15,18). The largest absolute Gasteiger partial charge is 0.481 e. The van der Waals surface area contributed by atoms with Crippen LogP contribution in [0.4, 0.5) is 4.79 Å². The zero-order chi connectivity index (χ0) is 13.5. The summed E-state index contributed by atoms with van der Waals surface area (Å²) in [6.07, 6.45) is 4.46. The molecule has 0 aromatic heterocycles. The molecule has 1 aliphatic rings. The van der Waals surface area contributed by atoms with Crippen molar-refractivity contribution in [1.29, 1.82) is 0 Å². The Morgan fingerprint density at radius 3 is 2.61 bits per heavy atom. The van der Waals surface area contributed by atoms with Crippen LogP contribution in [0.3, 0.4) is 0 Å². The van der Waals surface area contributed by atoms with Gasteiger partial charge in [-0.15, -0.1) is 0 Å². The third-order valence-corrected chi connectivity index (χ3v) is 3.27. The molecule has 0 aromatic rings. The van der Waals surface area contributed by atoms with E-state index in [2.05, 4.69) is 10.6 Å². The molecule has 5 nitrogen and oxygen atoms in total. The number of carboxylic acid groups (broad SMARTS) is 1. The first kappa shape index (κ1) is 14.5. The molecule has 5 heteroatoms. The van der Waals surface area contributed by atoms with Gasteiger partial charge in [0.05, 0.1) is 5.92 Å². The highest BCUT2D eigenvalue weighted by Crippen LogP contribution is 2.31. The Labute approximate surface area is 108 Å². The maximum Gasteiger partial charge on any atom is 0.315 e. The van der Waals surface area contributed by atoms with Crippen molar-refractivity contribution in [3.8, 4) is 0 Å². The van der Waals surface area contributed by atoms with Gasteiger partial charge in [0.25, 0.3) is 0 Å². The average Bonchev–Trinajstić information content (AvgIpc) is 2.74. The van der Waals surface area contributed by atoms with Gasteiger partial charge >= 0.3 is 12.0 Å². The van der Waals surface area contributed by atoms with Crippen molar-refractivity contribution in [2.45, 2.75) is 33.1 Å². The molecule has 0 bridgehead atoms. The molecule has 2 amide bonds. The predicted molar refractivity (Wildman–Crippen MR) is 69.3 cm³/mol. The lowest BCUT2D eigenvalue weighted by atomic mass is 9.96. The third kappa shape index (κ3) is 4.77. The molecule has 1 saturated carbocycles. The van der Waals surface area contributed by atoms with E-state index in [0.717, 1.165) is 24.8 Å². The first-order valence-electron chi connectivity index (χ1n) is 6.38. The molecule has 0 saturated heterocycles. The van der Waals surface area contributed by atoms with E-state index < -0.39 is 5.97 Å². The lowest BCUT2D eigenvalue weighted by Crippen LogP contribution is -2.39. The summed E-state index contributed by atoms with van der Waals surface area (Å²) < 4.78 is 0. The van der Waals surface area contributed by atoms with E-state index in [4.69, 9.17) is 5.11 Å². The van der Waals surface area contributed by atoms with Gasteiger partial charge in [-0.05, 0) is 32.6 Å². The topological polar surface area (TPSA) is 78.4 Å². The fraction of sp³-hybridized carbons (Fsp3) is 0.692. The van der Waals surface area contributed by atoms with E-state index in [9.17, 15) is 9.59 Å². The molecular weight excluding hydrogens is 232 g/mol. The zero-order valence-electron chi connectivity index (χ0n) is 11.0. The first-order valence-corrected chi connectivity index (χ1v) is 6.38. The van der Waals surface area contributed by atoms with Gasteiger partial charge in [-0.3, -0.25) is 4.79 Å². The Morgan fingerprint density at radius 1 is 1.28 bits per heavy atom. The van der Waals surface area contributed by atoms with E-state index in [1.165, 1.54) is 0 Å². The Balaban J connectivity index is 2.25. The molecular formula is C13H22N2O3. The molecule has 18 heavy (non-hydrogen) atoms. The Hall–Kier alpha value is -1.52. The van der Waals surface area contributed by atoms with E-state index in [0.29, 0.717) is 13.1 Å². The summed E-state index contributed by atoms with van der Waals surface area (Å²) in [6.45, 7) is 4.88. The molecule has 0 radical (unpaired) electrons. The number of hydrogen-bond donors (Lipinski definition) is 3. The molecule has 3 N–H and O–H groups in total. The maximum absolute atomic E-state index is 11.5. The van der Waals surface area contributed by atoms with Crippen molar-refractivity contribution in [3.05, 3.63) is 11.6 Å². The lowest BCUT2D eigenvalue weighted by Gasteiger charge is -2.16. The van der Waals surface area contributed by atoms with E-state index in [-0.39, 0.29) is 17.9 Å². The van der Waals surface area contributed by atoms with Gasteiger partial charge in [-0.1, -0.05) is 18.1 Å². The van der Waals surface area contributed by atoms with Gasteiger partial charge in [-0.2, -0.15) is 0 Å². The number of allylic oxidation sites excluding steroid dienone is 1. The van der Waals surface area contributed by atoms with Gasteiger partial charge in [0.2, 0.25) is 0 Å². The third-order valence-electron chi connectivity index (χ3n) is 3.27. The van der Waals surface area contributed by atoms with Crippen LogP contribution < -0.4 is 10.6 Å². The van der Waals surface area contributed by atoms with Gasteiger partial charge in [0, 0.05) is 13.1 Å². The second kappa shape index (κ2) is 7.03. The van der Waals surface area contributed by atoms with Crippen molar-refractivity contribution < 1.29 is 14.7 Å². The Kier molecular flexibility index (Phi) is 5.68. The Bertz CT molecular complexity index is 335. The summed E-state index contributed by atoms with van der Waals surface area (Å²) >= 11 is 0. The molecule has 2 unspecified atom stereocenters. The van der Waals surface area contributed by atoms with Gasteiger partial charge in [-0.25, -0.2) is 4.79 Å². The van der Waals surface area contributed by atoms with Crippen LogP contribution in [0, 0.1) is 11.8 Å². The van der Waals surface area contributed by atoms with Gasteiger partial charge in [0.15, 0.2) is 0 Å². The van der Waals surface area contributed by atoms with Crippen molar-refractivity contribution >= 4 is 12.0 Å². The summed E-state index contributed by atoms with van der Waals surface area (Å²) in [5, 5.41) is 14.5. The van der Waals surface area contributed by atoms with Crippen molar-refractivity contribution in [2.24, 2.45) is 11.8 Å². The summed E-state index contributed by atoms with van der Waals surface area (Å²) in [5.74, 6) is -0.982. The van der Waals surface area contributed by atoms with Crippen molar-refractivity contribution in [1.82, 2.24) is 10.6 Å². The number of nitrogens with one attached hydrogen (secondary N) is 2. The van der Waals surface area contributed by atoms with Crippen molar-refractivity contribution in [3.63, 3.8) is 0 Å². The number of amides is 2. The van der Waals surface area contributed by atoms with Crippen LogP contribution in [-0.2, 0) is 4.79 Å². The van der Waals surface area contributed by atoms with Crippen LogP contribution in [-0.4, -0.2) is 30.2 Å². The lowest BCUT2D eigenvalue weighted by molar-refractivity contribution is -0.142.